The van der Waals surface area contributed by atoms with Gasteiger partial charge in [-0.2, -0.15) is 0 Å². The summed E-state index contributed by atoms with van der Waals surface area (Å²) >= 11 is 0. The monoisotopic (exact) mass is 211 g/mol. The number of hydrogen-bond acceptors (Lipinski definition) is 1. The van der Waals surface area contributed by atoms with E-state index in [0.29, 0.717) is 5.69 Å². The minimum atomic E-state index is 0.678. The smallest absolute Gasteiger partial charge is 0.166 e. The van der Waals surface area contributed by atoms with Crippen molar-refractivity contribution in [2.24, 2.45) is 0 Å². The largest absolute Gasteiger partial charge is 0.352 e. The Morgan fingerprint density at radius 1 is 1.31 bits per heavy atom. The highest BCUT2D eigenvalue weighted by Crippen LogP contribution is 2.36. The lowest BCUT2D eigenvalue weighted by Gasteiger charge is -2.02. The highest BCUT2D eigenvalue weighted by atomic mass is 16.1. The molecule has 2 nitrogen and oxygen atoms in total. The number of nitrogens with one attached hydrogen (secondary N) is 1. The standard InChI is InChI=1S/C14H13NO/c1-2-9-3-4-10-6-11-7-12(8-16)15-14(11)13(10)5-9/h3-5,7-8,15H,2,6H2,1H3. The molecular weight excluding hydrogens is 198 g/mol. The molecule has 0 atom stereocenters. The van der Waals surface area contributed by atoms with E-state index in [2.05, 4.69) is 30.1 Å². The number of hydrogen-bond donors (Lipinski definition) is 1. The first-order valence-electron chi connectivity index (χ1n) is 5.61. The number of aromatic nitrogens is 1. The molecule has 0 bridgehead atoms. The van der Waals surface area contributed by atoms with Crippen molar-refractivity contribution in [2.75, 3.05) is 0 Å². The van der Waals surface area contributed by atoms with Crippen LogP contribution in [0.25, 0.3) is 11.3 Å². The molecule has 1 heterocycles. The van der Waals surface area contributed by atoms with Gasteiger partial charge in [0.25, 0.3) is 0 Å². The van der Waals surface area contributed by atoms with Gasteiger partial charge in [-0.1, -0.05) is 19.1 Å². The van der Waals surface area contributed by atoms with Crippen LogP contribution in [0.5, 0.6) is 0 Å². The Bertz CT molecular complexity index is 566. The zero-order valence-electron chi connectivity index (χ0n) is 9.21. The molecule has 0 unspecified atom stereocenters. The van der Waals surface area contributed by atoms with Crippen molar-refractivity contribution in [1.29, 1.82) is 0 Å². The Balaban J connectivity index is 2.17. The lowest BCUT2D eigenvalue weighted by molar-refractivity contribution is 0.111. The second-order valence-electron chi connectivity index (χ2n) is 4.26. The number of benzene rings is 1. The second-order valence-corrected chi connectivity index (χ2v) is 4.26. The summed E-state index contributed by atoms with van der Waals surface area (Å²) in [7, 11) is 0. The highest BCUT2D eigenvalue weighted by Gasteiger charge is 2.20. The maximum absolute atomic E-state index is 10.7. The highest BCUT2D eigenvalue weighted by molar-refractivity contribution is 5.81. The lowest BCUT2D eigenvalue weighted by atomic mass is 10.0. The van der Waals surface area contributed by atoms with E-state index in [9.17, 15) is 4.79 Å². The maximum atomic E-state index is 10.7. The van der Waals surface area contributed by atoms with Crippen LogP contribution in [0.2, 0.25) is 0 Å². The molecule has 80 valence electrons. The predicted octanol–water partition coefficient (Wildman–Crippen LogP) is 2.96. The number of H-pyrrole nitrogens is 1. The number of fused-ring (bicyclic) bond motifs is 3. The predicted molar refractivity (Wildman–Crippen MR) is 63.8 cm³/mol. The van der Waals surface area contributed by atoms with Crippen LogP contribution in [0.1, 0.15) is 34.1 Å². The van der Waals surface area contributed by atoms with Crippen molar-refractivity contribution in [3.05, 3.63) is 46.6 Å². The Labute approximate surface area is 94.3 Å². The van der Waals surface area contributed by atoms with E-state index >= 15 is 0 Å². The van der Waals surface area contributed by atoms with Crippen LogP contribution in [0.15, 0.2) is 24.3 Å². The fourth-order valence-corrected chi connectivity index (χ4v) is 2.40. The molecule has 3 rings (SSSR count). The molecule has 0 saturated heterocycles. The van der Waals surface area contributed by atoms with Crippen LogP contribution >= 0.6 is 0 Å². The number of carbonyl (C=O) groups excluding carboxylic acids is 1. The summed E-state index contributed by atoms with van der Waals surface area (Å²) in [6.45, 7) is 2.16. The molecule has 0 amide bonds. The van der Waals surface area contributed by atoms with E-state index in [1.165, 1.54) is 22.3 Å². The number of aromatic amines is 1. The molecule has 0 radical (unpaired) electrons. The molecule has 16 heavy (non-hydrogen) atoms. The third kappa shape index (κ3) is 1.23. The Kier molecular flexibility index (Phi) is 1.96. The van der Waals surface area contributed by atoms with E-state index in [0.717, 1.165) is 24.8 Å². The number of aryl methyl sites for hydroxylation is 1. The van der Waals surface area contributed by atoms with Crippen LogP contribution < -0.4 is 0 Å². The topological polar surface area (TPSA) is 32.9 Å². The molecule has 1 aromatic heterocycles. The van der Waals surface area contributed by atoms with Crippen LogP contribution in [0.3, 0.4) is 0 Å². The first-order valence-corrected chi connectivity index (χ1v) is 5.61. The molecule has 0 fully saturated rings. The van der Waals surface area contributed by atoms with Crippen LogP contribution in [0.4, 0.5) is 0 Å². The summed E-state index contributed by atoms with van der Waals surface area (Å²) in [5.41, 5.74) is 7.02. The summed E-state index contributed by atoms with van der Waals surface area (Å²) in [6.07, 6.45) is 2.87. The van der Waals surface area contributed by atoms with Gasteiger partial charge in [0.1, 0.15) is 0 Å². The number of aldehydes is 1. The number of carbonyl (C=O) groups is 1. The quantitative estimate of drug-likeness (QED) is 0.649. The van der Waals surface area contributed by atoms with Gasteiger partial charge in [0.05, 0.1) is 5.69 Å². The van der Waals surface area contributed by atoms with Crippen molar-refractivity contribution < 1.29 is 4.79 Å². The van der Waals surface area contributed by atoms with Gasteiger partial charge < -0.3 is 4.98 Å². The van der Waals surface area contributed by atoms with Gasteiger partial charge >= 0.3 is 0 Å². The molecular formula is C14H13NO. The van der Waals surface area contributed by atoms with Gasteiger partial charge in [-0.3, -0.25) is 4.79 Å². The molecule has 2 aromatic rings. The summed E-state index contributed by atoms with van der Waals surface area (Å²) in [5, 5.41) is 0. The Hall–Kier alpha value is -1.83. The fraction of sp³-hybridized carbons (Fsp3) is 0.214. The fourth-order valence-electron chi connectivity index (χ4n) is 2.40. The molecule has 1 N–H and O–H groups in total. The van der Waals surface area contributed by atoms with Crippen molar-refractivity contribution in [3.8, 4) is 11.3 Å². The van der Waals surface area contributed by atoms with Crippen LogP contribution in [-0.4, -0.2) is 11.3 Å². The lowest BCUT2D eigenvalue weighted by Crippen LogP contribution is -1.87. The van der Waals surface area contributed by atoms with E-state index in [-0.39, 0.29) is 0 Å². The van der Waals surface area contributed by atoms with E-state index in [1.807, 2.05) is 6.07 Å². The third-order valence-electron chi connectivity index (χ3n) is 3.28. The van der Waals surface area contributed by atoms with Crippen molar-refractivity contribution >= 4 is 6.29 Å². The van der Waals surface area contributed by atoms with E-state index < -0.39 is 0 Å². The molecule has 1 aliphatic rings. The molecule has 1 aromatic carbocycles. The number of rotatable bonds is 2. The zero-order chi connectivity index (χ0) is 11.1. The second kappa shape index (κ2) is 3.34. The van der Waals surface area contributed by atoms with Gasteiger partial charge in [0.15, 0.2) is 6.29 Å². The minimum Gasteiger partial charge on any atom is -0.352 e. The average molecular weight is 211 g/mol. The SMILES string of the molecule is CCc1ccc2c(c1)-c1[nH]c(C=O)cc1C2. The molecule has 0 saturated carbocycles. The first kappa shape index (κ1) is 9.40. The third-order valence-corrected chi connectivity index (χ3v) is 3.28. The van der Waals surface area contributed by atoms with Crippen molar-refractivity contribution in [3.63, 3.8) is 0 Å². The summed E-state index contributed by atoms with van der Waals surface area (Å²) in [5.74, 6) is 0. The van der Waals surface area contributed by atoms with Gasteiger partial charge in [0, 0.05) is 17.7 Å². The van der Waals surface area contributed by atoms with Crippen LogP contribution in [-0.2, 0) is 12.8 Å². The zero-order valence-corrected chi connectivity index (χ0v) is 9.21. The van der Waals surface area contributed by atoms with Crippen LogP contribution in [0, 0.1) is 0 Å². The average Bonchev–Trinajstić information content (AvgIpc) is 2.85. The van der Waals surface area contributed by atoms with E-state index in [1.54, 1.807) is 0 Å². The minimum absolute atomic E-state index is 0.678. The van der Waals surface area contributed by atoms with Gasteiger partial charge in [-0.15, -0.1) is 0 Å². The van der Waals surface area contributed by atoms with Crippen molar-refractivity contribution in [2.45, 2.75) is 19.8 Å². The summed E-state index contributed by atoms with van der Waals surface area (Å²) < 4.78 is 0. The Morgan fingerprint density at radius 3 is 2.94 bits per heavy atom. The Morgan fingerprint density at radius 2 is 2.19 bits per heavy atom. The summed E-state index contributed by atoms with van der Waals surface area (Å²) in [6, 6.07) is 8.56. The first-order chi connectivity index (χ1) is 7.81. The normalized spacial score (nSPS) is 12.3. The molecule has 0 aliphatic heterocycles. The van der Waals surface area contributed by atoms with Crippen molar-refractivity contribution in [1.82, 2.24) is 4.98 Å². The molecule has 1 aliphatic carbocycles. The van der Waals surface area contributed by atoms with Gasteiger partial charge in [0.2, 0.25) is 0 Å². The molecule has 2 heteroatoms. The maximum Gasteiger partial charge on any atom is 0.166 e. The van der Waals surface area contributed by atoms with E-state index in [4.69, 9.17) is 0 Å². The van der Waals surface area contributed by atoms with Gasteiger partial charge in [-0.05, 0) is 35.2 Å². The summed E-state index contributed by atoms with van der Waals surface area (Å²) in [4.78, 5) is 13.9. The molecule has 0 spiro atoms. The van der Waals surface area contributed by atoms with Gasteiger partial charge in [-0.25, -0.2) is 0 Å².